The van der Waals surface area contributed by atoms with Crippen LogP contribution in [0.25, 0.3) is 10.9 Å². The molecule has 1 aromatic carbocycles. The molecule has 3 rings (SSSR count). The van der Waals surface area contributed by atoms with Crippen molar-refractivity contribution >= 4 is 28.2 Å². The fraction of sp³-hybridized carbons (Fsp3) is 0.143. The number of hydrogen-bond donors (Lipinski definition) is 4. The highest BCUT2D eigenvalue weighted by atomic mass is 15.1. The molecule has 0 aliphatic carbocycles. The van der Waals surface area contributed by atoms with Crippen molar-refractivity contribution in [1.82, 2.24) is 15.0 Å². The van der Waals surface area contributed by atoms with Crippen LogP contribution in [0.3, 0.4) is 0 Å². The third kappa shape index (κ3) is 2.55. The predicted octanol–water partition coefficient (Wildman–Crippen LogP) is 2.07. The number of rotatable bonds is 5. The van der Waals surface area contributed by atoms with Gasteiger partial charge in [-0.05, 0) is 6.07 Å². The number of H-pyrrole nitrogens is 1. The quantitative estimate of drug-likeness (QED) is 0.568. The number of hydrogen-bond acceptors (Lipinski definition) is 5. The molecule has 6 nitrogen and oxygen atoms in total. The first-order chi connectivity index (χ1) is 9.86. The monoisotopic (exact) mass is 268 g/mol. The second-order valence-electron chi connectivity index (χ2n) is 4.38. The van der Waals surface area contributed by atoms with E-state index in [0.29, 0.717) is 13.1 Å². The SMILES string of the molecule is NCCNc1cc(Nc2c[nH]c3ccccc23)ncn1. The number of aromatic amines is 1. The van der Waals surface area contributed by atoms with Gasteiger partial charge in [0.1, 0.15) is 18.0 Å². The van der Waals surface area contributed by atoms with Crippen molar-refractivity contribution in [3.05, 3.63) is 42.9 Å². The number of nitrogens with zero attached hydrogens (tertiary/aromatic N) is 2. The first-order valence-electron chi connectivity index (χ1n) is 6.46. The van der Waals surface area contributed by atoms with E-state index >= 15 is 0 Å². The molecule has 0 spiro atoms. The molecule has 0 atom stereocenters. The Hall–Kier alpha value is -2.60. The van der Waals surface area contributed by atoms with E-state index < -0.39 is 0 Å². The summed E-state index contributed by atoms with van der Waals surface area (Å²) in [5.74, 6) is 1.50. The van der Waals surface area contributed by atoms with Crippen LogP contribution in [0.15, 0.2) is 42.9 Å². The molecule has 0 radical (unpaired) electrons. The van der Waals surface area contributed by atoms with Gasteiger partial charge in [-0.1, -0.05) is 18.2 Å². The van der Waals surface area contributed by atoms with Gasteiger partial charge in [0.05, 0.1) is 5.69 Å². The average molecular weight is 268 g/mol. The predicted molar refractivity (Wildman–Crippen MR) is 81.2 cm³/mol. The topological polar surface area (TPSA) is 91.7 Å². The summed E-state index contributed by atoms with van der Waals surface area (Å²) in [4.78, 5) is 11.6. The van der Waals surface area contributed by atoms with Gasteiger partial charge >= 0.3 is 0 Å². The first-order valence-corrected chi connectivity index (χ1v) is 6.46. The van der Waals surface area contributed by atoms with Crippen LogP contribution in [0.2, 0.25) is 0 Å². The second kappa shape index (κ2) is 5.58. The van der Waals surface area contributed by atoms with Crippen LogP contribution < -0.4 is 16.4 Å². The van der Waals surface area contributed by atoms with Gasteiger partial charge in [0.2, 0.25) is 0 Å². The molecule has 2 heterocycles. The summed E-state index contributed by atoms with van der Waals surface area (Å²) in [7, 11) is 0. The molecule has 0 saturated carbocycles. The molecule has 102 valence electrons. The van der Waals surface area contributed by atoms with E-state index in [9.17, 15) is 0 Å². The minimum Gasteiger partial charge on any atom is -0.369 e. The molecule has 20 heavy (non-hydrogen) atoms. The second-order valence-corrected chi connectivity index (χ2v) is 4.38. The maximum absolute atomic E-state index is 5.46. The molecule has 3 aromatic rings. The lowest BCUT2D eigenvalue weighted by atomic mass is 10.2. The number of para-hydroxylation sites is 1. The van der Waals surface area contributed by atoms with Gasteiger partial charge in [-0.25, -0.2) is 9.97 Å². The Bertz CT molecular complexity index is 705. The molecule has 0 unspecified atom stereocenters. The Labute approximate surface area is 116 Å². The van der Waals surface area contributed by atoms with E-state index in [4.69, 9.17) is 5.73 Å². The molecule has 0 saturated heterocycles. The highest BCUT2D eigenvalue weighted by Gasteiger charge is 2.04. The molecule has 2 aromatic heterocycles. The molecular formula is C14H16N6. The van der Waals surface area contributed by atoms with Crippen molar-refractivity contribution in [3.8, 4) is 0 Å². The third-order valence-electron chi connectivity index (χ3n) is 2.97. The van der Waals surface area contributed by atoms with Crippen molar-refractivity contribution < 1.29 is 0 Å². The van der Waals surface area contributed by atoms with Crippen LogP contribution in [0.5, 0.6) is 0 Å². The fourth-order valence-electron chi connectivity index (χ4n) is 2.04. The van der Waals surface area contributed by atoms with Gasteiger partial charge in [0.15, 0.2) is 0 Å². The van der Waals surface area contributed by atoms with Crippen molar-refractivity contribution in [2.45, 2.75) is 0 Å². The molecule has 0 bridgehead atoms. The molecule has 5 N–H and O–H groups in total. The molecule has 0 amide bonds. The maximum Gasteiger partial charge on any atom is 0.135 e. The highest BCUT2D eigenvalue weighted by Crippen LogP contribution is 2.25. The number of nitrogens with one attached hydrogen (secondary N) is 3. The lowest BCUT2D eigenvalue weighted by Gasteiger charge is -2.07. The summed E-state index contributed by atoms with van der Waals surface area (Å²) in [5.41, 5.74) is 7.54. The van der Waals surface area contributed by atoms with Crippen molar-refractivity contribution in [1.29, 1.82) is 0 Å². The first kappa shape index (κ1) is 12.4. The summed E-state index contributed by atoms with van der Waals surface area (Å²) in [6.45, 7) is 1.25. The summed E-state index contributed by atoms with van der Waals surface area (Å²) in [6.07, 6.45) is 3.45. The zero-order chi connectivity index (χ0) is 13.8. The maximum atomic E-state index is 5.46. The molecular weight excluding hydrogens is 252 g/mol. The van der Waals surface area contributed by atoms with Crippen LogP contribution >= 0.6 is 0 Å². The Morgan fingerprint density at radius 3 is 2.90 bits per heavy atom. The lowest BCUT2D eigenvalue weighted by Crippen LogP contribution is -2.14. The largest absolute Gasteiger partial charge is 0.369 e. The highest BCUT2D eigenvalue weighted by molar-refractivity contribution is 5.93. The van der Waals surface area contributed by atoms with Gasteiger partial charge in [-0.2, -0.15) is 0 Å². The number of nitrogens with two attached hydrogens (primary N) is 1. The minimum atomic E-state index is 0.565. The normalized spacial score (nSPS) is 10.7. The van der Waals surface area contributed by atoms with Gasteiger partial charge < -0.3 is 21.4 Å². The average Bonchev–Trinajstić information content (AvgIpc) is 2.89. The van der Waals surface area contributed by atoms with Crippen LogP contribution in [-0.4, -0.2) is 28.0 Å². The lowest BCUT2D eigenvalue weighted by molar-refractivity contribution is 1.00. The Kier molecular flexibility index (Phi) is 3.47. The number of benzene rings is 1. The van der Waals surface area contributed by atoms with Gasteiger partial charge in [0, 0.05) is 36.3 Å². The zero-order valence-corrected chi connectivity index (χ0v) is 10.9. The standard InChI is InChI=1S/C14H16N6/c15-5-6-16-13-7-14(19-9-18-13)20-12-8-17-11-4-2-1-3-10(11)12/h1-4,7-9,17H,5-6,15H2,(H2,16,18,19,20). The minimum absolute atomic E-state index is 0.565. The van der Waals surface area contributed by atoms with Crippen LogP contribution in [0, 0.1) is 0 Å². The molecule has 0 fully saturated rings. The summed E-state index contributed by atoms with van der Waals surface area (Å²) >= 11 is 0. The van der Waals surface area contributed by atoms with Gasteiger partial charge in [-0.15, -0.1) is 0 Å². The summed E-state index contributed by atoms with van der Waals surface area (Å²) in [6, 6.07) is 9.97. The van der Waals surface area contributed by atoms with Crippen molar-refractivity contribution in [2.24, 2.45) is 5.73 Å². The summed E-state index contributed by atoms with van der Waals surface area (Å²) < 4.78 is 0. The van der Waals surface area contributed by atoms with Crippen molar-refractivity contribution in [3.63, 3.8) is 0 Å². The van der Waals surface area contributed by atoms with Crippen LogP contribution in [-0.2, 0) is 0 Å². The van der Waals surface area contributed by atoms with Crippen LogP contribution in [0.4, 0.5) is 17.3 Å². The Morgan fingerprint density at radius 2 is 2.00 bits per heavy atom. The van der Waals surface area contributed by atoms with E-state index in [1.54, 1.807) is 0 Å². The Balaban J connectivity index is 1.83. The zero-order valence-electron chi connectivity index (χ0n) is 10.9. The van der Waals surface area contributed by atoms with Crippen molar-refractivity contribution in [2.75, 3.05) is 23.7 Å². The molecule has 0 aliphatic rings. The van der Waals surface area contributed by atoms with Crippen LogP contribution in [0.1, 0.15) is 0 Å². The van der Waals surface area contributed by atoms with E-state index in [0.717, 1.165) is 28.2 Å². The van der Waals surface area contributed by atoms with E-state index in [1.807, 2.05) is 30.5 Å². The van der Waals surface area contributed by atoms with E-state index in [2.05, 4.69) is 31.7 Å². The van der Waals surface area contributed by atoms with Gasteiger partial charge in [-0.3, -0.25) is 0 Å². The summed E-state index contributed by atoms with van der Waals surface area (Å²) in [5, 5.41) is 7.55. The molecule has 6 heteroatoms. The van der Waals surface area contributed by atoms with E-state index in [1.165, 1.54) is 6.33 Å². The fourth-order valence-corrected chi connectivity index (χ4v) is 2.04. The van der Waals surface area contributed by atoms with E-state index in [-0.39, 0.29) is 0 Å². The van der Waals surface area contributed by atoms with Gasteiger partial charge in [0.25, 0.3) is 0 Å². The number of anilines is 3. The third-order valence-corrected chi connectivity index (χ3v) is 2.97. The molecule has 0 aliphatic heterocycles. The Morgan fingerprint density at radius 1 is 1.15 bits per heavy atom. The number of fused-ring (bicyclic) bond motifs is 1. The number of aromatic nitrogens is 3. The smallest absolute Gasteiger partial charge is 0.135 e.